The molecule has 0 fully saturated rings. The van der Waals surface area contributed by atoms with Crippen LogP contribution in [-0.2, 0) is 0 Å². The maximum atomic E-state index is 13.0. The van der Waals surface area contributed by atoms with E-state index in [2.05, 4.69) is 15.3 Å². The van der Waals surface area contributed by atoms with Crippen LogP contribution in [-0.4, -0.2) is 22.2 Å². The lowest BCUT2D eigenvalue weighted by Gasteiger charge is -2.29. The van der Waals surface area contributed by atoms with Crippen LogP contribution in [0.15, 0.2) is 88.3 Å². The number of methoxy groups -OCH3 is 1. The molecule has 1 aliphatic heterocycles. The van der Waals surface area contributed by atoms with Crippen LogP contribution >= 0.6 is 0 Å². The molecule has 3 heterocycles. The van der Waals surface area contributed by atoms with E-state index in [9.17, 15) is 9.90 Å². The monoisotopic (exact) mass is 465 g/mol. The van der Waals surface area contributed by atoms with E-state index in [1.165, 1.54) is 6.33 Å². The van der Waals surface area contributed by atoms with Gasteiger partial charge in [-0.2, -0.15) is 0 Å². The molecule has 2 aromatic heterocycles. The number of ether oxygens (including phenoxy) is 2. The lowest BCUT2D eigenvalue weighted by atomic mass is 9.82. The number of phenols is 1. The van der Waals surface area contributed by atoms with Crippen LogP contribution in [0.4, 0.5) is 11.5 Å². The Labute approximate surface area is 199 Å². The number of nitrogens with one attached hydrogen (secondary N) is 1. The topological polar surface area (TPSA) is 107 Å². The number of hydrogen-bond donors (Lipinski definition) is 2. The van der Waals surface area contributed by atoms with Gasteiger partial charge in [-0.25, -0.2) is 14.8 Å². The Balaban J connectivity index is 1.60. The largest absolute Gasteiger partial charge is 0.508 e. The summed E-state index contributed by atoms with van der Waals surface area (Å²) in [4.78, 5) is 21.8. The van der Waals surface area contributed by atoms with E-state index in [0.717, 1.165) is 22.4 Å². The molecule has 0 spiro atoms. The first-order valence-electron chi connectivity index (χ1n) is 10.9. The lowest BCUT2D eigenvalue weighted by molar-refractivity contribution is 0.399. The molecule has 0 bridgehead atoms. The number of rotatable bonds is 4. The van der Waals surface area contributed by atoms with E-state index in [-0.39, 0.29) is 17.4 Å². The van der Waals surface area contributed by atoms with Crippen molar-refractivity contribution in [3.8, 4) is 23.1 Å². The molecule has 35 heavy (non-hydrogen) atoms. The van der Waals surface area contributed by atoms with Gasteiger partial charge < -0.3 is 24.3 Å². The van der Waals surface area contributed by atoms with Crippen LogP contribution in [0.5, 0.6) is 23.1 Å². The molecule has 6 rings (SSSR count). The first kappa shape index (κ1) is 20.7. The Hall–Kier alpha value is -4.85. The highest BCUT2D eigenvalue weighted by Gasteiger charge is 2.36. The van der Waals surface area contributed by atoms with Crippen molar-refractivity contribution < 1.29 is 19.0 Å². The molecular formula is C27H19N3O5. The highest BCUT2D eigenvalue weighted by Crippen LogP contribution is 2.50. The summed E-state index contributed by atoms with van der Waals surface area (Å²) in [5, 5.41) is 14.0. The number of benzene rings is 3. The fraction of sp³-hybridized carbons (Fsp3) is 0.0741. The van der Waals surface area contributed by atoms with Crippen molar-refractivity contribution in [3.63, 3.8) is 0 Å². The molecule has 0 saturated heterocycles. The van der Waals surface area contributed by atoms with E-state index in [0.29, 0.717) is 22.5 Å². The molecule has 1 aliphatic rings. The highest BCUT2D eigenvalue weighted by molar-refractivity contribution is 5.86. The first-order valence-corrected chi connectivity index (χ1v) is 10.9. The SMILES string of the molecule is COc1ccc(Nc2ncnc3c2C(c2ccc(O)cc2)c2c(c(=O)oc4ccccc24)O3)cc1. The number of nitrogens with zero attached hydrogens (tertiary/aromatic N) is 2. The summed E-state index contributed by atoms with van der Waals surface area (Å²) < 4.78 is 16.8. The Morgan fingerprint density at radius 2 is 1.71 bits per heavy atom. The zero-order valence-electron chi connectivity index (χ0n) is 18.6. The molecule has 1 unspecified atom stereocenters. The summed E-state index contributed by atoms with van der Waals surface area (Å²) in [7, 11) is 1.61. The van der Waals surface area contributed by atoms with E-state index in [1.807, 2.05) is 54.6 Å². The van der Waals surface area contributed by atoms with Gasteiger partial charge in [-0.05, 0) is 48.0 Å². The van der Waals surface area contributed by atoms with Crippen LogP contribution in [0.1, 0.15) is 22.6 Å². The Morgan fingerprint density at radius 3 is 2.49 bits per heavy atom. The molecule has 0 amide bonds. The molecule has 0 aliphatic carbocycles. The summed E-state index contributed by atoms with van der Waals surface area (Å²) in [6, 6.07) is 21.6. The van der Waals surface area contributed by atoms with Gasteiger partial charge in [-0.15, -0.1) is 0 Å². The summed E-state index contributed by atoms with van der Waals surface area (Å²) in [6.45, 7) is 0. The Bertz CT molecular complexity index is 1610. The first-order chi connectivity index (χ1) is 17.1. The smallest absolute Gasteiger partial charge is 0.380 e. The van der Waals surface area contributed by atoms with Crippen LogP contribution < -0.4 is 20.4 Å². The maximum Gasteiger partial charge on any atom is 0.380 e. The van der Waals surface area contributed by atoms with Crippen molar-refractivity contribution >= 4 is 22.5 Å². The molecule has 0 saturated carbocycles. The average molecular weight is 465 g/mol. The van der Waals surface area contributed by atoms with Gasteiger partial charge in [0.05, 0.1) is 12.7 Å². The second-order valence-electron chi connectivity index (χ2n) is 8.05. The van der Waals surface area contributed by atoms with Gasteiger partial charge in [0.25, 0.3) is 0 Å². The highest BCUT2D eigenvalue weighted by atomic mass is 16.5. The second-order valence-corrected chi connectivity index (χ2v) is 8.05. The molecule has 3 aromatic carbocycles. The number of para-hydroxylation sites is 1. The van der Waals surface area contributed by atoms with Crippen molar-refractivity contribution in [2.24, 2.45) is 0 Å². The molecule has 8 nitrogen and oxygen atoms in total. The van der Waals surface area contributed by atoms with Crippen molar-refractivity contribution in [1.29, 1.82) is 0 Å². The third kappa shape index (κ3) is 3.52. The average Bonchev–Trinajstić information content (AvgIpc) is 2.89. The van der Waals surface area contributed by atoms with Crippen LogP contribution in [0.2, 0.25) is 0 Å². The Morgan fingerprint density at radius 1 is 0.943 bits per heavy atom. The third-order valence-corrected chi connectivity index (χ3v) is 6.01. The quantitative estimate of drug-likeness (QED) is 0.337. The number of aromatic hydroxyl groups is 1. The molecule has 172 valence electrons. The van der Waals surface area contributed by atoms with Gasteiger partial charge in [0, 0.05) is 22.6 Å². The summed E-state index contributed by atoms with van der Waals surface area (Å²) in [5.41, 5.74) is 2.81. The lowest BCUT2D eigenvalue weighted by Crippen LogP contribution is -2.20. The van der Waals surface area contributed by atoms with E-state index in [4.69, 9.17) is 13.9 Å². The maximum absolute atomic E-state index is 13.0. The minimum absolute atomic E-state index is 0.0865. The molecule has 8 heteroatoms. The predicted octanol–water partition coefficient (Wildman–Crippen LogP) is 5.33. The van der Waals surface area contributed by atoms with Gasteiger partial charge in [0.1, 0.15) is 29.2 Å². The fourth-order valence-electron chi connectivity index (χ4n) is 4.41. The van der Waals surface area contributed by atoms with Crippen molar-refractivity contribution in [2.45, 2.75) is 5.92 Å². The van der Waals surface area contributed by atoms with Crippen LogP contribution in [0.3, 0.4) is 0 Å². The molecule has 1 atom stereocenters. The molecule has 5 aromatic rings. The molecular weight excluding hydrogens is 446 g/mol. The Kier molecular flexibility index (Phi) is 4.84. The zero-order valence-corrected chi connectivity index (χ0v) is 18.6. The van der Waals surface area contributed by atoms with E-state index >= 15 is 0 Å². The summed E-state index contributed by atoms with van der Waals surface area (Å²) in [5.74, 6) is 1.27. The predicted molar refractivity (Wildman–Crippen MR) is 130 cm³/mol. The number of phenolic OH excluding ortho intramolecular Hbond substituents is 1. The van der Waals surface area contributed by atoms with Crippen LogP contribution in [0, 0.1) is 0 Å². The molecule has 2 N–H and O–H groups in total. The minimum Gasteiger partial charge on any atom is -0.508 e. The van der Waals surface area contributed by atoms with E-state index < -0.39 is 11.5 Å². The van der Waals surface area contributed by atoms with Crippen molar-refractivity contribution in [2.75, 3.05) is 12.4 Å². The number of hydrogen-bond acceptors (Lipinski definition) is 8. The summed E-state index contributed by atoms with van der Waals surface area (Å²) in [6.07, 6.45) is 1.38. The van der Waals surface area contributed by atoms with Crippen LogP contribution in [0.25, 0.3) is 11.0 Å². The molecule has 0 radical (unpaired) electrons. The van der Waals surface area contributed by atoms with Gasteiger partial charge >= 0.3 is 5.63 Å². The second kappa shape index (κ2) is 8.18. The number of anilines is 2. The van der Waals surface area contributed by atoms with Gasteiger partial charge in [0.15, 0.2) is 0 Å². The van der Waals surface area contributed by atoms with Crippen molar-refractivity contribution in [1.82, 2.24) is 9.97 Å². The van der Waals surface area contributed by atoms with Gasteiger partial charge in [-0.3, -0.25) is 0 Å². The van der Waals surface area contributed by atoms with Crippen molar-refractivity contribution in [3.05, 3.63) is 106 Å². The van der Waals surface area contributed by atoms with Gasteiger partial charge in [-0.1, -0.05) is 30.3 Å². The normalized spacial score (nSPS) is 14.0. The minimum atomic E-state index is -0.587. The number of fused-ring (bicyclic) bond motifs is 4. The van der Waals surface area contributed by atoms with Gasteiger partial charge in [0.2, 0.25) is 11.6 Å². The zero-order chi connectivity index (χ0) is 23.9. The standard InChI is InChI=1S/C27H19N3O5/c1-33-18-12-8-16(9-13-18)30-25-23-21(15-6-10-17(31)11-7-15)22-19-4-2-3-5-20(19)34-27(32)24(22)35-26(23)29-14-28-25/h2-14,21,31H,1H3,(H,28,29,30). The van der Waals surface area contributed by atoms with E-state index in [1.54, 1.807) is 25.3 Å². The number of aromatic nitrogens is 2. The fourth-order valence-corrected chi connectivity index (χ4v) is 4.41. The summed E-state index contributed by atoms with van der Waals surface area (Å²) >= 11 is 0. The third-order valence-electron chi connectivity index (χ3n) is 6.01.